The van der Waals surface area contributed by atoms with E-state index in [0.717, 1.165) is 19.3 Å². The molecule has 0 aromatic heterocycles. The van der Waals surface area contributed by atoms with Crippen molar-refractivity contribution in [1.82, 2.24) is 0 Å². The highest BCUT2D eigenvalue weighted by molar-refractivity contribution is 5.88. The third kappa shape index (κ3) is 4.56. The van der Waals surface area contributed by atoms with Crippen molar-refractivity contribution in [3.05, 3.63) is 113 Å². The van der Waals surface area contributed by atoms with Crippen molar-refractivity contribution in [2.45, 2.75) is 38.5 Å². The number of aryl methyl sites for hydroxylation is 2. The molecular formula is C28H28O. The zero-order valence-corrected chi connectivity index (χ0v) is 17.1. The van der Waals surface area contributed by atoms with E-state index >= 15 is 0 Å². The molecule has 0 amide bonds. The first-order valence-electron chi connectivity index (χ1n) is 10.7. The van der Waals surface area contributed by atoms with E-state index in [1.807, 2.05) is 24.3 Å². The number of carbonyl (C=O) groups is 1. The third-order valence-electron chi connectivity index (χ3n) is 6.09. The zero-order valence-electron chi connectivity index (χ0n) is 17.1. The van der Waals surface area contributed by atoms with Crippen molar-refractivity contribution in [2.24, 2.45) is 5.92 Å². The summed E-state index contributed by atoms with van der Waals surface area (Å²) >= 11 is 0. The molecular weight excluding hydrogens is 352 g/mol. The Morgan fingerprint density at radius 2 is 1.48 bits per heavy atom. The minimum Gasteiger partial charge on any atom is -0.299 e. The van der Waals surface area contributed by atoms with E-state index in [-0.39, 0.29) is 11.8 Å². The van der Waals surface area contributed by atoms with Gasteiger partial charge in [0.05, 0.1) is 0 Å². The first-order chi connectivity index (χ1) is 14.2. The van der Waals surface area contributed by atoms with Crippen molar-refractivity contribution >= 4 is 11.4 Å². The van der Waals surface area contributed by atoms with Crippen LogP contribution < -0.4 is 0 Å². The average molecular weight is 381 g/mol. The summed E-state index contributed by atoms with van der Waals surface area (Å²) in [4.78, 5) is 13.3. The molecule has 2 atom stereocenters. The number of Topliss-reactive ketones (excluding diaryl/α,β-unsaturated/α-hetero) is 1. The molecule has 0 N–H and O–H groups in total. The maximum Gasteiger partial charge on any atom is 0.140 e. The molecule has 0 radical (unpaired) electrons. The van der Waals surface area contributed by atoms with E-state index in [1.54, 1.807) is 0 Å². The Hall–Kier alpha value is -2.93. The molecule has 4 rings (SSSR count). The molecule has 0 spiro atoms. The summed E-state index contributed by atoms with van der Waals surface area (Å²) in [5.74, 6) is 0.546. The second-order valence-electron chi connectivity index (χ2n) is 7.94. The molecule has 0 bridgehead atoms. The van der Waals surface area contributed by atoms with Crippen LogP contribution in [-0.2, 0) is 17.6 Å². The largest absolute Gasteiger partial charge is 0.299 e. The third-order valence-corrected chi connectivity index (χ3v) is 6.09. The zero-order chi connectivity index (χ0) is 20.1. The Morgan fingerprint density at radius 3 is 2.14 bits per heavy atom. The number of ketones is 1. The van der Waals surface area contributed by atoms with E-state index in [4.69, 9.17) is 0 Å². The smallest absolute Gasteiger partial charge is 0.140 e. The first-order valence-corrected chi connectivity index (χ1v) is 10.7. The van der Waals surface area contributed by atoms with Crippen LogP contribution >= 0.6 is 0 Å². The van der Waals surface area contributed by atoms with Crippen LogP contribution in [0.25, 0.3) is 5.57 Å². The Bertz CT molecular complexity index is 968. The highest BCUT2D eigenvalue weighted by Gasteiger charge is 2.33. The molecule has 1 heteroatoms. The standard InChI is InChI=1S/C28H28O/c1-2-21-13-16-24(17-14-21)26-19-25(23-11-7-4-8-12-23)20-27(26)28(29)18-15-22-9-5-3-6-10-22/h3-14,16-17,20,26-27H,2,15,18-19H2,1H3. The summed E-state index contributed by atoms with van der Waals surface area (Å²) in [7, 11) is 0. The minimum atomic E-state index is -0.0404. The molecule has 0 saturated carbocycles. The fraction of sp³-hybridized carbons (Fsp3) is 0.250. The Morgan fingerprint density at radius 1 is 0.828 bits per heavy atom. The molecule has 146 valence electrons. The van der Waals surface area contributed by atoms with Gasteiger partial charge in [-0.25, -0.2) is 0 Å². The van der Waals surface area contributed by atoms with Crippen LogP contribution in [-0.4, -0.2) is 5.78 Å². The van der Waals surface area contributed by atoms with Gasteiger partial charge in [0, 0.05) is 18.3 Å². The minimum absolute atomic E-state index is 0.0404. The number of allylic oxidation sites excluding steroid dienone is 2. The highest BCUT2D eigenvalue weighted by Crippen LogP contribution is 2.43. The van der Waals surface area contributed by atoms with E-state index in [0.29, 0.717) is 12.2 Å². The van der Waals surface area contributed by atoms with Gasteiger partial charge in [-0.15, -0.1) is 0 Å². The molecule has 1 nitrogen and oxygen atoms in total. The van der Waals surface area contributed by atoms with Gasteiger partial charge in [0.2, 0.25) is 0 Å². The molecule has 0 aliphatic heterocycles. The topological polar surface area (TPSA) is 17.1 Å². The van der Waals surface area contributed by atoms with Crippen LogP contribution in [0.3, 0.4) is 0 Å². The van der Waals surface area contributed by atoms with Crippen molar-refractivity contribution in [1.29, 1.82) is 0 Å². The van der Waals surface area contributed by atoms with Crippen LogP contribution in [0, 0.1) is 5.92 Å². The van der Waals surface area contributed by atoms with Gasteiger partial charge in [0.15, 0.2) is 0 Å². The SMILES string of the molecule is CCc1ccc(C2CC(c3ccccc3)=CC2C(=O)CCc2ccccc2)cc1. The summed E-state index contributed by atoms with van der Waals surface area (Å²) in [5, 5.41) is 0. The Labute approximate surface area is 174 Å². The fourth-order valence-corrected chi connectivity index (χ4v) is 4.35. The summed E-state index contributed by atoms with van der Waals surface area (Å²) < 4.78 is 0. The van der Waals surface area contributed by atoms with Crippen LogP contribution in [0.2, 0.25) is 0 Å². The van der Waals surface area contributed by atoms with E-state index in [2.05, 4.69) is 73.7 Å². The van der Waals surface area contributed by atoms with E-state index in [9.17, 15) is 4.79 Å². The van der Waals surface area contributed by atoms with Gasteiger partial charge in [-0.3, -0.25) is 4.79 Å². The van der Waals surface area contributed by atoms with E-state index in [1.165, 1.54) is 27.8 Å². The van der Waals surface area contributed by atoms with Gasteiger partial charge >= 0.3 is 0 Å². The summed E-state index contributed by atoms with van der Waals surface area (Å²) in [6.45, 7) is 2.18. The molecule has 0 heterocycles. The second-order valence-corrected chi connectivity index (χ2v) is 7.94. The van der Waals surface area contributed by atoms with Crippen LogP contribution in [0.1, 0.15) is 47.9 Å². The molecule has 2 unspecified atom stereocenters. The number of hydrogen-bond acceptors (Lipinski definition) is 1. The van der Waals surface area contributed by atoms with E-state index < -0.39 is 0 Å². The van der Waals surface area contributed by atoms with Gasteiger partial charge in [-0.2, -0.15) is 0 Å². The number of rotatable bonds is 7. The highest BCUT2D eigenvalue weighted by atomic mass is 16.1. The lowest BCUT2D eigenvalue weighted by Crippen LogP contribution is -2.18. The summed E-state index contributed by atoms with van der Waals surface area (Å²) in [5.41, 5.74) is 6.39. The van der Waals surface area contributed by atoms with Gasteiger partial charge in [-0.05, 0) is 47.1 Å². The van der Waals surface area contributed by atoms with Gasteiger partial charge in [0.1, 0.15) is 5.78 Å². The predicted molar refractivity (Wildman–Crippen MR) is 121 cm³/mol. The maximum atomic E-state index is 13.3. The van der Waals surface area contributed by atoms with Crippen molar-refractivity contribution in [3.8, 4) is 0 Å². The van der Waals surface area contributed by atoms with Crippen molar-refractivity contribution in [2.75, 3.05) is 0 Å². The summed E-state index contributed by atoms with van der Waals surface area (Å²) in [6, 6.07) is 29.7. The van der Waals surface area contributed by atoms with Gasteiger partial charge in [0.25, 0.3) is 0 Å². The molecule has 29 heavy (non-hydrogen) atoms. The lowest BCUT2D eigenvalue weighted by molar-refractivity contribution is -0.121. The number of hydrogen-bond donors (Lipinski definition) is 0. The van der Waals surface area contributed by atoms with Crippen LogP contribution in [0.15, 0.2) is 91.0 Å². The first kappa shape index (κ1) is 19.4. The Balaban J connectivity index is 1.57. The van der Waals surface area contributed by atoms with Gasteiger partial charge < -0.3 is 0 Å². The van der Waals surface area contributed by atoms with Crippen LogP contribution in [0.4, 0.5) is 0 Å². The molecule has 3 aromatic carbocycles. The lowest BCUT2D eigenvalue weighted by atomic mass is 9.83. The Kier molecular flexibility index (Phi) is 6.05. The molecule has 3 aromatic rings. The molecule has 0 fully saturated rings. The monoisotopic (exact) mass is 380 g/mol. The fourth-order valence-electron chi connectivity index (χ4n) is 4.35. The van der Waals surface area contributed by atoms with Crippen LogP contribution in [0.5, 0.6) is 0 Å². The maximum absolute atomic E-state index is 13.3. The average Bonchev–Trinajstić information content (AvgIpc) is 3.24. The van der Waals surface area contributed by atoms with Crippen molar-refractivity contribution in [3.63, 3.8) is 0 Å². The molecule has 0 saturated heterocycles. The second kappa shape index (κ2) is 9.05. The number of benzene rings is 3. The molecule has 1 aliphatic carbocycles. The van der Waals surface area contributed by atoms with Gasteiger partial charge in [-0.1, -0.05) is 97.9 Å². The number of carbonyl (C=O) groups excluding carboxylic acids is 1. The normalized spacial score (nSPS) is 18.4. The quantitative estimate of drug-likeness (QED) is 0.449. The van der Waals surface area contributed by atoms with Crippen molar-refractivity contribution < 1.29 is 4.79 Å². The molecule has 1 aliphatic rings. The summed E-state index contributed by atoms with van der Waals surface area (Å²) in [6.07, 6.45) is 5.61. The predicted octanol–water partition coefficient (Wildman–Crippen LogP) is 6.64. The lowest BCUT2D eigenvalue weighted by Gasteiger charge is -2.19.